The Morgan fingerprint density at radius 1 is 1.25 bits per heavy atom. The molecule has 2 unspecified atom stereocenters. The van der Waals surface area contributed by atoms with Crippen LogP contribution in [0.1, 0.15) is 45.4 Å². The van der Waals surface area contributed by atoms with Gasteiger partial charge in [-0.15, -0.1) is 0 Å². The Morgan fingerprint density at radius 3 is 2.81 bits per heavy atom. The number of rotatable bonds is 8. The normalized spacial score (nSPS) is 25.9. The van der Waals surface area contributed by atoms with E-state index in [-0.39, 0.29) is 0 Å². The number of hydrogen-bond acceptors (Lipinski definition) is 3. The molecule has 2 nitrogen and oxygen atoms in total. The van der Waals surface area contributed by atoms with Gasteiger partial charge in [0.25, 0.3) is 0 Å². The molecule has 1 rings (SSSR count). The highest BCUT2D eigenvalue weighted by molar-refractivity contribution is 7.99. The van der Waals surface area contributed by atoms with E-state index in [0.717, 1.165) is 31.1 Å². The molecule has 96 valence electrons. The maximum Gasteiger partial charge on any atom is 0.0466 e. The Bertz CT molecular complexity index is 166. The average molecular weight is 245 g/mol. The second-order valence-corrected chi connectivity index (χ2v) is 5.60. The zero-order chi connectivity index (χ0) is 11.6. The highest BCUT2D eigenvalue weighted by atomic mass is 32.2. The second kappa shape index (κ2) is 9.32. The van der Waals surface area contributed by atoms with Gasteiger partial charge in [0, 0.05) is 24.5 Å². The van der Waals surface area contributed by atoms with Crippen LogP contribution in [0.4, 0.5) is 0 Å². The van der Waals surface area contributed by atoms with E-state index in [2.05, 4.69) is 18.5 Å². The number of unbranched alkanes of at least 4 members (excludes halogenated alkanes) is 1. The van der Waals surface area contributed by atoms with Crippen LogP contribution in [0.25, 0.3) is 0 Å². The topological polar surface area (TPSA) is 21.3 Å². The Hall–Kier alpha value is 0.270. The summed E-state index contributed by atoms with van der Waals surface area (Å²) < 4.78 is 5.34. The third kappa shape index (κ3) is 5.55. The lowest BCUT2D eigenvalue weighted by molar-refractivity contribution is 0.143. The monoisotopic (exact) mass is 245 g/mol. The molecule has 1 saturated carbocycles. The molecule has 1 aliphatic rings. The maximum absolute atomic E-state index is 5.34. The number of hydrogen-bond donors (Lipinski definition) is 1. The molecule has 16 heavy (non-hydrogen) atoms. The fraction of sp³-hybridized carbons (Fsp3) is 1.00. The van der Waals surface area contributed by atoms with Crippen LogP contribution in [-0.2, 0) is 4.74 Å². The predicted molar refractivity (Wildman–Crippen MR) is 73.3 cm³/mol. The van der Waals surface area contributed by atoms with E-state index in [1.54, 1.807) is 0 Å². The molecule has 0 aromatic rings. The molecule has 0 radical (unpaired) electrons. The molecule has 0 aromatic heterocycles. The lowest BCUT2D eigenvalue weighted by atomic mass is 9.95. The lowest BCUT2D eigenvalue weighted by Crippen LogP contribution is -2.40. The lowest BCUT2D eigenvalue weighted by Gasteiger charge is -2.31. The molecule has 3 heteroatoms. The summed E-state index contributed by atoms with van der Waals surface area (Å²) in [4.78, 5) is 0. The first-order valence-corrected chi connectivity index (χ1v) is 8.01. The summed E-state index contributed by atoms with van der Waals surface area (Å²) in [5.74, 6) is 0. The van der Waals surface area contributed by atoms with Crippen molar-refractivity contribution in [3.05, 3.63) is 0 Å². The molecule has 0 bridgehead atoms. The SMILES string of the molecule is CCOCCCCNC1CCCCC1SC. The van der Waals surface area contributed by atoms with Gasteiger partial charge in [-0.3, -0.25) is 0 Å². The van der Waals surface area contributed by atoms with Gasteiger partial charge in [-0.25, -0.2) is 0 Å². The fourth-order valence-corrected chi connectivity index (χ4v) is 3.34. The van der Waals surface area contributed by atoms with Crippen LogP contribution in [0.5, 0.6) is 0 Å². The quantitative estimate of drug-likeness (QED) is 0.664. The third-order valence-electron chi connectivity index (χ3n) is 3.33. The molecule has 1 N–H and O–H groups in total. The van der Waals surface area contributed by atoms with E-state index in [1.807, 2.05) is 11.8 Å². The minimum atomic E-state index is 0.760. The third-order valence-corrected chi connectivity index (χ3v) is 4.50. The minimum absolute atomic E-state index is 0.760. The molecular weight excluding hydrogens is 218 g/mol. The van der Waals surface area contributed by atoms with E-state index in [9.17, 15) is 0 Å². The molecule has 0 spiro atoms. The summed E-state index contributed by atoms with van der Waals surface area (Å²) in [6.45, 7) is 5.00. The Kier molecular flexibility index (Phi) is 8.34. The van der Waals surface area contributed by atoms with Gasteiger partial charge in [0.05, 0.1) is 0 Å². The van der Waals surface area contributed by atoms with Crippen molar-refractivity contribution < 1.29 is 4.74 Å². The van der Waals surface area contributed by atoms with Crippen LogP contribution >= 0.6 is 11.8 Å². The molecule has 2 atom stereocenters. The van der Waals surface area contributed by atoms with E-state index < -0.39 is 0 Å². The molecule has 1 aliphatic carbocycles. The Labute approximate surface area is 105 Å². The van der Waals surface area contributed by atoms with Crippen LogP contribution in [-0.4, -0.2) is 37.3 Å². The van der Waals surface area contributed by atoms with Gasteiger partial charge < -0.3 is 10.1 Å². The summed E-state index contributed by atoms with van der Waals surface area (Å²) in [6.07, 6.45) is 10.3. The second-order valence-electron chi connectivity index (χ2n) is 4.52. The van der Waals surface area contributed by atoms with E-state index in [1.165, 1.54) is 38.5 Å². The highest BCUT2D eigenvalue weighted by Gasteiger charge is 2.23. The molecule has 0 amide bonds. The Balaban J connectivity index is 2.02. The maximum atomic E-state index is 5.34. The van der Waals surface area contributed by atoms with Crippen LogP contribution in [0, 0.1) is 0 Å². The molecule has 1 fully saturated rings. The van der Waals surface area contributed by atoms with Crippen LogP contribution < -0.4 is 5.32 Å². The standard InChI is InChI=1S/C13H27NOS/c1-3-15-11-7-6-10-14-12-8-4-5-9-13(12)16-2/h12-14H,3-11H2,1-2H3. The average Bonchev–Trinajstić information content (AvgIpc) is 2.34. The summed E-state index contributed by atoms with van der Waals surface area (Å²) in [6, 6.07) is 0.760. The van der Waals surface area contributed by atoms with Crippen molar-refractivity contribution in [2.75, 3.05) is 26.0 Å². The largest absolute Gasteiger partial charge is 0.382 e. The summed E-state index contributed by atoms with van der Waals surface area (Å²) in [7, 11) is 0. The van der Waals surface area contributed by atoms with Crippen LogP contribution in [0.3, 0.4) is 0 Å². The van der Waals surface area contributed by atoms with Crippen molar-refractivity contribution in [3.63, 3.8) is 0 Å². The number of nitrogens with one attached hydrogen (secondary N) is 1. The smallest absolute Gasteiger partial charge is 0.0466 e. The van der Waals surface area contributed by atoms with Gasteiger partial charge >= 0.3 is 0 Å². The van der Waals surface area contributed by atoms with Gasteiger partial charge in [0.15, 0.2) is 0 Å². The van der Waals surface area contributed by atoms with Crippen molar-refractivity contribution in [2.45, 2.75) is 56.7 Å². The summed E-state index contributed by atoms with van der Waals surface area (Å²) in [5.41, 5.74) is 0. The van der Waals surface area contributed by atoms with Crippen molar-refractivity contribution in [2.24, 2.45) is 0 Å². The van der Waals surface area contributed by atoms with Crippen molar-refractivity contribution in [1.29, 1.82) is 0 Å². The zero-order valence-electron chi connectivity index (χ0n) is 10.8. The van der Waals surface area contributed by atoms with Gasteiger partial charge in [-0.2, -0.15) is 11.8 Å². The predicted octanol–water partition coefficient (Wildman–Crippen LogP) is 3.07. The molecular formula is C13H27NOS. The van der Waals surface area contributed by atoms with Gasteiger partial charge in [-0.05, 0) is 45.4 Å². The number of thioether (sulfide) groups is 1. The van der Waals surface area contributed by atoms with E-state index in [0.29, 0.717) is 0 Å². The van der Waals surface area contributed by atoms with Crippen LogP contribution in [0.2, 0.25) is 0 Å². The van der Waals surface area contributed by atoms with E-state index in [4.69, 9.17) is 4.74 Å². The molecule has 0 aliphatic heterocycles. The van der Waals surface area contributed by atoms with Crippen molar-refractivity contribution in [3.8, 4) is 0 Å². The first-order valence-electron chi connectivity index (χ1n) is 6.72. The van der Waals surface area contributed by atoms with Gasteiger partial charge in [0.2, 0.25) is 0 Å². The molecule has 0 saturated heterocycles. The summed E-state index contributed by atoms with van der Waals surface area (Å²) >= 11 is 2.04. The van der Waals surface area contributed by atoms with Crippen LogP contribution in [0.15, 0.2) is 0 Å². The first kappa shape index (κ1) is 14.3. The molecule has 0 aromatic carbocycles. The van der Waals surface area contributed by atoms with E-state index >= 15 is 0 Å². The van der Waals surface area contributed by atoms with Gasteiger partial charge in [0.1, 0.15) is 0 Å². The fourth-order valence-electron chi connectivity index (χ4n) is 2.37. The zero-order valence-corrected chi connectivity index (χ0v) is 11.7. The van der Waals surface area contributed by atoms with Crippen molar-refractivity contribution in [1.82, 2.24) is 5.32 Å². The van der Waals surface area contributed by atoms with Gasteiger partial charge in [-0.1, -0.05) is 12.8 Å². The summed E-state index contributed by atoms with van der Waals surface area (Å²) in [5, 5.41) is 4.57. The van der Waals surface area contributed by atoms with Crippen molar-refractivity contribution >= 4 is 11.8 Å². The number of ether oxygens (including phenoxy) is 1. The first-order chi connectivity index (χ1) is 7.88. The minimum Gasteiger partial charge on any atom is -0.382 e. The highest BCUT2D eigenvalue weighted by Crippen LogP contribution is 2.26. The molecule has 0 heterocycles. The Morgan fingerprint density at radius 2 is 2.06 bits per heavy atom.